The van der Waals surface area contributed by atoms with E-state index in [2.05, 4.69) is 10.5 Å². The molecule has 0 aliphatic rings. The molecule has 0 fully saturated rings. The third-order valence-electron chi connectivity index (χ3n) is 5.39. The maximum atomic E-state index is 13.2. The number of rotatable bonds is 6. The Labute approximate surface area is 196 Å². The topological polar surface area (TPSA) is 89.5 Å². The lowest BCUT2D eigenvalue weighted by molar-refractivity contribution is -0.384. The Morgan fingerprint density at radius 3 is 2.71 bits per heavy atom. The third-order valence-corrected chi connectivity index (χ3v) is 6.50. The number of carbonyl (C=O) groups is 1. The molecule has 0 bridgehead atoms. The summed E-state index contributed by atoms with van der Waals surface area (Å²) in [6, 6.07) is 20.3. The van der Waals surface area contributed by atoms with Crippen LogP contribution in [0.1, 0.15) is 20.8 Å². The number of fused-ring (bicyclic) bond motifs is 2. The van der Waals surface area contributed by atoms with E-state index in [0.717, 1.165) is 26.7 Å². The van der Waals surface area contributed by atoms with E-state index in [1.165, 1.54) is 35.6 Å². The van der Waals surface area contributed by atoms with E-state index in [4.69, 9.17) is 0 Å². The fraction of sp³-hybridized carbons (Fsp3) is 0.0400. The van der Waals surface area contributed by atoms with Gasteiger partial charge in [0.05, 0.1) is 16.0 Å². The number of nitro benzene ring substituents is 1. The molecule has 34 heavy (non-hydrogen) atoms. The SMILES string of the molecule is O=C(N/N=C\c1cn(Cc2ccc(F)cc2)c2ccccc12)c1cc2cc([N+](=O)[O-])ccc2s1. The number of aromatic nitrogens is 1. The first-order valence-corrected chi connectivity index (χ1v) is 11.1. The molecule has 168 valence electrons. The van der Waals surface area contributed by atoms with Crippen LogP contribution in [0, 0.1) is 15.9 Å². The van der Waals surface area contributed by atoms with E-state index >= 15 is 0 Å². The molecule has 0 aliphatic carbocycles. The predicted octanol–water partition coefficient (Wildman–Crippen LogP) is 5.72. The summed E-state index contributed by atoms with van der Waals surface area (Å²) in [4.78, 5) is 23.5. The number of non-ortho nitro benzene ring substituents is 1. The number of nitrogens with one attached hydrogen (secondary N) is 1. The number of para-hydroxylation sites is 1. The summed E-state index contributed by atoms with van der Waals surface area (Å²) in [5, 5.41) is 16.7. The van der Waals surface area contributed by atoms with E-state index in [1.54, 1.807) is 30.5 Å². The van der Waals surface area contributed by atoms with Crippen molar-refractivity contribution in [3.8, 4) is 0 Å². The van der Waals surface area contributed by atoms with E-state index < -0.39 is 10.8 Å². The molecular weight excluding hydrogens is 455 g/mol. The summed E-state index contributed by atoms with van der Waals surface area (Å²) in [5.41, 5.74) is 5.29. The molecule has 0 saturated carbocycles. The van der Waals surface area contributed by atoms with E-state index in [0.29, 0.717) is 16.8 Å². The molecule has 0 saturated heterocycles. The predicted molar refractivity (Wildman–Crippen MR) is 131 cm³/mol. The lowest BCUT2D eigenvalue weighted by atomic mass is 10.2. The molecule has 2 aromatic heterocycles. The highest BCUT2D eigenvalue weighted by molar-refractivity contribution is 7.20. The minimum atomic E-state index is -0.465. The largest absolute Gasteiger partial charge is 0.342 e. The standard InChI is InChI=1S/C25H17FN4O3S/c26-19-7-5-16(6-8-19)14-29-15-18(21-3-1-2-4-22(21)29)13-27-28-25(31)24-12-17-11-20(30(32)33)9-10-23(17)34-24/h1-13,15H,14H2,(H,28,31)/b27-13-. The molecule has 0 aliphatic heterocycles. The fourth-order valence-corrected chi connectivity index (χ4v) is 4.70. The van der Waals surface area contributed by atoms with Crippen LogP contribution in [-0.4, -0.2) is 21.6 Å². The van der Waals surface area contributed by atoms with Gasteiger partial charge in [-0.15, -0.1) is 11.3 Å². The normalized spacial score (nSPS) is 11.4. The van der Waals surface area contributed by atoms with E-state index in [1.807, 2.05) is 35.0 Å². The first kappa shape index (κ1) is 21.5. The van der Waals surface area contributed by atoms with Crippen LogP contribution in [-0.2, 0) is 6.54 Å². The lowest BCUT2D eigenvalue weighted by Crippen LogP contribution is -2.16. The number of amides is 1. The molecule has 1 N–H and O–H groups in total. The third kappa shape index (κ3) is 4.28. The molecule has 0 atom stereocenters. The summed E-state index contributed by atoms with van der Waals surface area (Å²) in [7, 11) is 0. The number of hydrogen-bond donors (Lipinski definition) is 1. The van der Waals surface area contributed by atoms with Crippen molar-refractivity contribution in [3.63, 3.8) is 0 Å². The van der Waals surface area contributed by atoms with Crippen molar-refractivity contribution in [1.29, 1.82) is 0 Å². The van der Waals surface area contributed by atoms with Gasteiger partial charge in [0.15, 0.2) is 0 Å². The monoisotopic (exact) mass is 472 g/mol. The summed E-state index contributed by atoms with van der Waals surface area (Å²) in [6.07, 6.45) is 3.52. The first-order valence-electron chi connectivity index (χ1n) is 10.3. The van der Waals surface area contributed by atoms with Crippen LogP contribution < -0.4 is 5.43 Å². The van der Waals surface area contributed by atoms with Crippen LogP contribution in [0.2, 0.25) is 0 Å². The number of halogens is 1. The van der Waals surface area contributed by atoms with Gasteiger partial charge < -0.3 is 4.57 Å². The number of thiophene rings is 1. The van der Waals surface area contributed by atoms with Crippen molar-refractivity contribution in [2.24, 2.45) is 5.10 Å². The molecule has 5 rings (SSSR count). The number of hydrogen-bond acceptors (Lipinski definition) is 5. The Kier molecular flexibility index (Phi) is 5.60. The van der Waals surface area contributed by atoms with Crippen molar-refractivity contribution in [2.45, 2.75) is 6.54 Å². The maximum Gasteiger partial charge on any atom is 0.281 e. The van der Waals surface area contributed by atoms with Crippen molar-refractivity contribution >= 4 is 50.1 Å². The number of benzene rings is 3. The number of nitro groups is 1. The molecule has 1 amide bonds. The minimum absolute atomic E-state index is 0.0210. The lowest BCUT2D eigenvalue weighted by Gasteiger charge is -2.05. The van der Waals surface area contributed by atoms with Gasteiger partial charge in [-0.2, -0.15) is 5.10 Å². The van der Waals surface area contributed by atoms with Gasteiger partial charge in [0, 0.05) is 51.4 Å². The van der Waals surface area contributed by atoms with E-state index in [-0.39, 0.29) is 11.5 Å². The highest BCUT2D eigenvalue weighted by atomic mass is 32.1. The highest BCUT2D eigenvalue weighted by Gasteiger charge is 2.13. The summed E-state index contributed by atoms with van der Waals surface area (Å²) < 4.78 is 16.1. The Morgan fingerprint density at radius 1 is 1.12 bits per heavy atom. The summed E-state index contributed by atoms with van der Waals surface area (Å²) in [6.45, 7) is 0.564. The summed E-state index contributed by atoms with van der Waals surface area (Å²) >= 11 is 1.24. The first-order chi connectivity index (χ1) is 16.5. The van der Waals surface area contributed by atoms with Gasteiger partial charge in [-0.05, 0) is 35.9 Å². The maximum absolute atomic E-state index is 13.2. The van der Waals surface area contributed by atoms with Crippen LogP contribution in [0.4, 0.5) is 10.1 Å². The van der Waals surface area contributed by atoms with Gasteiger partial charge in [-0.3, -0.25) is 14.9 Å². The fourth-order valence-electron chi connectivity index (χ4n) is 3.77. The number of carbonyl (C=O) groups excluding carboxylic acids is 1. The molecular formula is C25H17FN4O3S. The molecule has 0 unspecified atom stereocenters. The Bertz CT molecular complexity index is 1570. The van der Waals surface area contributed by atoms with Crippen molar-refractivity contribution in [2.75, 3.05) is 0 Å². The molecule has 7 nitrogen and oxygen atoms in total. The Balaban J connectivity index is 1.36. The second kappa shape index (κ2) is 8.87. The van der Waals surface area contributed by atoms with Gasteiger partial charge in [-0.1, -0.05) is 30.3 Å². The van der Waals surface area contributed by atoms with Gasteiger partial charge in [0.2, 0.25) is 0 Å². The van der Waals surface area contributed by atoms with Gasteiger partial charge in [-0.25, -0.2) is 9.82 Å². The number of hydrazone groups is 1. The average molecular weight is 473 g/mol. The zero-order chi connectivity index (χ0) is 23.7. The van der Waals surface area contributed by atoms with Crippen molar-refractivity contribution in [1.82, 2.24) is 9.99 Å². The highest BCUT2D eigenvalue weighted by Crippen LogP contribution is 2.29. The smallest absolute Gasteiger partial charge is 0.281 e. The molecule has 5 aromatic rings. The molecule has 3 aromatic carbocycles. The van der Waals surface area contributed by atoms with Gasteiger partial charge in [0.25, 0.3) is 11.6 Å². The average Bonchev–Trinajstić information content (AvgIpc) is 3.42. The van der Waals surface area contributed by atoms with Crippen LogP contribution in [0.25, 0.3) is 21.0 Å². The minimum Gasteiger partial charge on any atom is -0.342 e. The quantitative estimate of drug-likeness (QED) is 0.195. The zero-order valence-corrected chi connectivity index (χ0v) is 18.5. The van der Waals surface area contributed by atoms with Crippen molar-refractivity contribution in [3.05, 3.63) is 111 Å². The second-order valence-corrected chi connectivity index (χ2v) is 8.73. The van der Waals surface area contributed by atoms with Crippen LogP contribution in [0.3, 0.4) is 0 Å². The van der Waals surface area contributed by atoms with Crippen LogP contribution in [0.5, 0.6) is 0 Å². The molecule has 0 spiro atoms. The number of nitrogens with zero attached hydrogens (tertiary/aromatic N) is 3. The van der Waals surface area contributed by atoms with Crippen LogP contribution in [0.15, 0.2) is 84.1 Å². The molecule has 9 heteroatoms. The van der Waals surface area contributed by atoms with Gasteiger partial charge in [0.1, 0.15) is 5.82 Å². The van der Waals surface area contributed by atoms with Gasteiger partial charge >= 0.3 is 0 Å². The Hall–Kier alpha value is -4.37. The molecule has 0 radical (unpaired) electrons. The second-order valence-electron chi connectivity index (χ2n) is 7.64. The summed E-state index contributed by atoms with van der Waals surface area (Å²) in [5.74, 6) is -0.670. The van der Waals surface area contributed by atoms with Crippen molar-refractivity contribution < 1.29 is 14.1 Å². The Morgan fingerprint density at radius 2 is 1.91 bits per heavy atom. The van der Waals surface area contributed by atoms with Crippen LogP contribution >= 0.6 is 11.3 Å². The van der Waals surface area contributed by atoms with E-state index in [9.17, 15) is 19.3 Å². The molecule has 2 heterocycles. The zero-order valence-electron chi connectivity index (χ0n) is 17.6.